The highest BCUT2D eigenvalue weighted by atomic mass is 19.4. The number of halogens is 6. The standard InChI is InChI=1S/C23H17F6N5O3/c1-32-20(35)18(34(21(32)36)10-13-3-5-17(37-2)6-4-13)11-33-12-30-19(31-33)14-7-15(22(24,25)26)9-16(8-14)23(27,28)29/h3-9,11-12H,10H2,1-2H3/b18-11-. The minimum absolute atomic E-state index is 0.00183. The Labute approximate surface area is 205 Å². The zero-order chi connectivity index (χ0) is 27.1. The molecule has 0 radical (unpaired) electrons. The normalized spacial score (nSPS) is 15.7. The van der Waals surface area contributed by atoms with Crippen LogP contribution < -0.4 is 4.74 Å². The number of aromatic nitrogens is 3. The summed E-state index contributed by atoms with van der Waals surface area (Å²) >= 11 is 0. The van der Waals surface area contributed by atoms with E-state index in [0.717, 1.165) is 27.0 Å². The Bertz CT molecular complexity index is 1350. The van der Waals surface area contributed by atoms with Crippen molar-refractivity contribution in [1.29, 1.82) is 0 Å². The van der Waals surface area contributed by atoms with Gasteiger partial charge in [0.2, 0.25) is 0 Å². The van der Waals surface area contributed by atoms with Gasteiger partial charge < -0.3 is 4.74 Å². The first-order valence-corrected chi connectivity index (χ1v) is 10.4. The third kappa shape index (κ3) is 5.27. The number of carbonyl (C=O) groups is 2. The summed E-state index contributed by atoms with van der Waals surface area (Å²) < 4.78 is 85.2. The Morgan fingerprint density at radius 2 is 1.54 bits per heavy atom. The number of nitrogens with zero attached hydrogens (tertiary/aromatic N) is 5. The van der Waals surface area contributed by atoms with Crippen molar-refractivity contribution < 1.29 is 40.7 Å². The van der Waals surface area contributed by atoms with Gasteiger partial charge in [-0.3, -0.25) is 14.6 Å². The Hall–Kier alpha value is -4.36. The summed E-state index contributed by atoms with van der Waals surface area (Å²) in [6.07, 6.45) is -7.97. The van der Waals surface area contributed by atoms with Crippen LogP contribution in [0.4, 0.5) is 31.1 Å². The number of rotatable bonds is 5. The molecule has 3 amide bonds. The van der Waals surface area contributed by atoms with E-state index < -0.39 is 46.8 Å². The van der Waals surface area contributed by atoms with Crippen molar-refractivity contribution in [2.75, 3.05) is 14.2 Å². The van der Waals surface area contributed by atoms with Crippen molar-refractivity contribution in [3.05, 3.63) is 71.2 Å². The van der Waals surface area contributed by atoms with Gasteiger partial charge in [-0.1, -0.05) is 12.1 Å². The van der Waals surface area contributed by atoms with Gasteiger partial charge >= 0.3 is 18.4 Å². The van der Waals surface area contributed by atoms with Gasteiger partial charge in [-0.15, -0.1) is 5.10 Å². The molecular formula is C23H17F6N5O3. The average molecular weight is 525 g/mol. The summed E-state index contributed by atoms with van der Waals surface area (Å²) in [5.41, 5.74) is -3.03. The van der Waals surface area contributed by atoms with Crippen LogP contribution >= 0.6 is 0 Å². The van der Waals surface area contributed by atoms with Crippen LogP contribution in [0.25, 0.3) is 17.6 Å². The van der Waals surface area contributed by atoms with Crippen LogP contribution in [0, 0.1) is 0 Å². The molecule has 1 aliphatic heterocycles. The molecule has 1 saturated heterocycles. The second-order valence-electron chi connectivity index (χ2n) is 7.94. The highest BCUT2D eigenvalue weighted by Gasteiger charge is 2.39. The third-order valence-corrected chi connectivity index (χ3v) is 5.44. The van der Waals surface area contributed by atoms with Crippen LogP contribution in [0.2, 0.25) is 0 Å². The fraction of sp³-hybridized carbons (Fsp3) is 0.217. The predicted octanol–water partition coefficient (Wildman–Crippen LogP) is 4.88. The van der Waals surface area contributed by atoms with E-state index in [2.05, 4.69) is 10.1 Å². The van der Waals surface area contributed by atoms with Gasteiger partial charge in [-0.2, -0.15) is 26.3 Å². The lowest BCUT2D eigenvalue weighted by Crippen LogP contribution is -2.29. The lowest BCUT2D eigenvalue weighted by molar-refractivity contribution is -0.143. The summed E-state index contributed by atoms with van der Waals surface area (Å²) in [5.74, 6) is -0.548. The topological polar surface area (TPSA) is 80.6 Å². The van der Waals surface area contributed by atoms with Crippen molar-refractivity contribution in [2.45, 2.75) is 18.9 Å². The van der Waals surface area contributed by atoms with Gasteiger partial charge in [0, 0.05) is 12.6 Å². The van der Waals surface area contributed by atoms with Crippen LogP contribution in [-0.4, -0.2) is 50.7 Å². The van der Waals surface area contributed by atoms with Gasteiger partial charge in [0.05, 0.1) is 31.0 Å². The van der Waals surface area contributed by atoms with Crippen LogP contribution in [0.5, 0.6) is 5.75 Å². The van der Waals surface area contributed by atoms with Crippen molar-refractivity contribution in [3.8, 4) is 17.1 Å². The average Bonchev–Trinajstić information content (AvgIpc) is 3.39. The molecule has 1 aliphatic rings. The first-order valence-electron chi connectivity index (χ1n) is 10.4. The largest absolute Gasteiger partial charge is 0.497 e. The number of ether oxygens (including phenoxy) is 1. The number of hydrogen-bond acceptors (Lipinski definition) is 5. The Morgan fingerprint density at radius 3 is 2.08 bits per heavy atom. The lowest BCUT2D eigenvalue weighted by Gasteiger charge is -2.16. The van der Waals surface area contributed by atoms with Gasteiger partial charge in [-0.25, -0.2) is 14.5 Å². The molecular weight excluding hydrogens is 508 g/mol. The molecule has 2 heterocycles. The molecule has 0 N–H and O–H groups in total. The maximum atomic E-state index is 13.2. The molecule has 0 spiro atoms. The molecule has 0 bridgehead atoms. The first-order chi connectivity index (χ1) is 17.3. The number of methoxy groups -OCH3 is 1. The van der Waals surface area contributed by atoms with E-state index >= 15 is 0 Å². The fourth-order valence-electron chi connectivity index (χ4n) is 3.53. The highest BCUT2D eigenvalue weighted by Crippen LogP contribution is 2.38. The fourth-order valence-corrected chi connectivity index (χ4v) is 3.53. The van der Waals surface area contributed by atoms with E-state index in [-0.39, 0.29) is 18.3 Å². The summed E-state index contributed by atoms with van der Waals surface area (Å²) in [5, 5.41) is 3.91. The van der Waals surface area contributed by atoms with Crippen LogP contribution in [-0.2, 0) is 23.7 Å². The van der Waals surface area contributed by atoms with E-state index in [1.54, 1.807) is 24.3 Å². The summed E-state index contributed by atoms with van der Waals surface area (Å²) in [7, 11) is 2.75. The zero-order valence-corrected chi connectivity index (χ0v) is 19.1. The van der Waals surface area contributed by atoms with E-state index in [1.807, 2.05) is 0 Å². The Morgan fingerprint density at radius 1 is 0.946 bits per heavy atom. The molecule has 4 rings (SSSR count). The van der Waals surface area contributed by atoms with Gasteiger partial charge in [0.1, 0.15) is 17.8 Å². The van der Waals surface area contributed by atoms with Gasteiger partial charge in [0.25, 0.3) is 5.91 Å². The van der Waals surface area contributed by atoms with Crippen LogP contribution in [0.15, 0.2) is 54.5 Å². The highest BCUT2D eigenvalue weighted by molar-refractivity contribution is 6.12. The molecule has 3 aromatic rings. The predicted molar refractivity (Wildman–Crippen MR) is 116 cm³/mol. The molecule has 0 unspecified atom stereocenters. The second-order valence-corrected chi connectivity index (χ2v) is 7.94. The minimum Gasteiger partial charge on any atom is -0.497 e. The van der Waals surface area contributed by atoms with Crippen molar-refractivity contribution in [3.63, 3.8) is 0 Å². The number of hydrogen-bond donors (Lipinski definition) is 0. The Balaban J connectivity index is 1.69. The number of amides is 3. The molecule has 0 saturated carbocycles. The monoisotopic (exact) mass is 525 g/mol. The van der Waals surface area contributed by atoms with E-state index in [9.17, 15) is 35.9 Å². The summed E-state index contributed by atoms with van der Waals surface area (Å²) in [6.45, 7) is -0.00509. The summed E-state index contributed by atoms with van der Waals surface area (Å²) in [6, 6.07) is 7.06. The number of carbonyl (C=O) groups excluding carboxylic acids is 2. The second kappa shape index (κ2) is 9.26. The van der Waals surface area contributed by atoms with Crippen molar-refractivity contribution in [2.24, 2.45) is 0 Å². The molecule has 14 heteroatoms. The van der Waals surface area contributed by atoms with Crippen LogP contribution in [0.1, 0.15) is 16.7 Å². The molecule has 37 heavy (non-hydrogen) atoms. The smallest absolute Gasteiger partial charge is 0.416 e. The van der Waals surface area contributed by atoms with Crippen molar-refractivity contribution >= 4 is 18.1 Å². The zero-order valence-electron chi connectivity index (χ0n) is 19.1. The van der Waals surface area contributed by atoms with E-state index in [4.69, 9.17) is 4.74 Å². The first kappa shape index (κ1) is 25.7. The van der Waals surface area contributed by atoms with Gasteiger partial charge in [-0.05, 0) is 35.9 Å². The van der Waals surface area contributed by atoms with Gasteiger partial charge in [0.15, 0.2) is 5.82 Å². The molecule has 2 aromatic carbocycles. The Kier molecular flexibility index (Phi) is 6.44. The maximum absolute atomic E-state index is 13.2. The molecule has 0 atom stereocenters. The maximum Gasteiger partial charge on any atom is 0.416 e. The van der Waals surface area contributed by atoms with Crippen LogP contribution in [0.3, 0.4) is 0 Å². The van der Waals surface area contributed by atoms with E-state index in [0.29, 0.717) is 23.4 Å². The third-order valence-electron chi connectivity index (χ3n) is 5.44. The number of imide groups is 1. The van der Waals surface area contributed by atoms with Crippen molar-refractivity contribution in [1.82, 2.24) is 24.6 Å². The molecule has 8 nitrogen and oxygen atoms in total. The number of urea groups is 1. The quantitative estimate of drug-likeness (QED) is 0.270. The lowest BCUT2D eigenvalue weighted by atomic mass is 10.0. The number of likely N-dealkylation sites (N-methyl/N-ethyl adjacent to an activating group) is 1. The minimum atomic E-state index is -5.04. The number of alkyl halides is 6. The summed E-state index contributed by atoms with van der Waals surface area (Å²) in [4.78, 5) is 31.1. The molecule has 1 aromatic heterocycles. The SMILES string of the molecule is COc1ccc(CN2C(=O)N(C)C(=O)/C2=C/n2cnc(-c3cc(C(F)(F)F)cc(C(F)(F)F)c3)n2)cc1. The molecule has 1 fully saturated rings. The molecule has 0 aliphatic carbocycles. The number of benzene rings is 2. The van der Waals surface area contributed by atoms with E-state index in [1.165, 1.54) is 14.2 Å². The molecule has 194 valence electrons.